The zero-order valence-electron chi connectivity index (χ0n) is 18.6. The number of ether oxygens (including phenoxy) is 2. The van der Waals surface area contributed by atoms with Crippen LogP contribution in [0, 0.1) is 0 Å². The quantitative estimate of drug-likeness (QED) is 0.557. The molecule has 1 heterocycles. The Hall–Kier alpha value is -2.86. The lowest BCUT2D eigenvalue weighted by Gasteiger charge is -2.40. The van der Waals surface area contributed by atoms with Crippen LogP contribution in [0.4, 0.5) is 0 Å². The molecule has 168 valence electrons. The van der Waals surface area contributed by atoms with E-state index in [-0.39, 0.29) is 12.6 Å². The minimum absolute atomic E-state index is 0.251. The summed E-state index contributed by atoms with van der Waals surface area (Å²) in [6, 6.07) is 29.1. The van der Waals surface area contributed by atoms with Gasteiger partial charge in [0.15, 0.2) is 0 Å². The van der Waals surface area contributed by atoms with Crippen LogP contribution in [-0.2, 0) is 0 Å². The van der Waals surface area contributed by atoms with E-state index in [4.69, 9.17) is 9.47 Å². The third kappa shape index (κ3) is 5.88. The standard InChI is InChI=1S/C27H32N2O3/c1-31-25-13-8-14-26(19-25)32-21-24(30)20-28-15-17-29(18-16-28)27(22-9-4-2-5-10-22)23-11-6-3-7-12-23/h2-14,19,24,27,30H,15-18,20-21H2,1H3/t24-/m1/s1. The van der Waals surface area contributed by atoms with Crippen molar-refractivity contribution in [1.29, 1.82) is 0 Å². The zero-order chi connectivity index (χ0) is 22.2. The molecular weight excluding hydrogens is 400 g/mol. The van der Waals surface area contributed by atoms with E-state index in [1.807, 2.05) is 24.3 Å². The van der Waals surface area contributed by atoms with Gasteiger partial charge < -0.3 is 14.6 Å². The SMILES string of the molecule is COc1cccc(OC[C@H](O)CN2CCN(C(c3ccccc3)c3ccccc3)CC2)c1. The Labute approximate surface area is 190 Å². The molecule has 4 rings (SSSR count). The summed E-state index contributed by atoms with van der Waals surface area (Å²) in [5, 5.41) is 10.5. The molecule has 1 aliphatic heterocycles. The molecule has 0 aromatic heterocycles. The van der Waals surface area contributed by atoms with Crippen molar-refractivity contribution in [2.45, 2.75) is 12.1 Å². The van der Waals surface area contributed by atoms with Gasteiger partial charge >= 0.3 is 0 Å². The van der Waals surface area contributed by atoms with Crippen molar-refractivity contribution < 1.29 is 14.6 Å². The molecule has 1 fully saturated rings. The molecule has 0 saturated carbocycles. The maximum Gasteiger partial charge on any atom is 0.123 e. The lowest BCUT2D eigenvalue weighted by atomic mass is 9.96. The number of piperazine rings is 1. The topological polar surface area (TPSA) is 45.2 Å². The fourth-order valence-electron chi connectivity index (χ4n) is 4.32. The molecule has 0 unspecified atom stereocenters. The van der Waals surface area contributed by atoms with Crippen LogP contribution in [0.3, 0.4) is 0 Å². The van der Waals surface area contributed by atoms with Crippen molar-refractivity contribution >= 4 is 0 Å². The zero-order valence-corrected chi connectivity index (χ0v) is 18.6. The highest BCUT2D eigenvalue weighted by molar-refractivity contribution is 5.33. The molecule has 32 heavy (non-hydrogen) atoms. The number of benzene rings is 3. The Morgan fingerprint density at radius 2 is 1.38 bits per heavy atom. The molecular formula is C27H32N2O3. The summed E-state index contributed by atoms with van der Waals surface area (Å²) >= 11 is 0. The molecule has 1 saturated heterocycles. The van der Waals surface area contributed by atoms with E-state index < -0.39 is 6.10 Å². The average Bonchev–Trinajstić information content (AvgIpc) is 2.85. The normalized spacial score (nSPS) is 16.1. The largest absolute Gasteiger partial charge is 0.497 e. The monoisotopic (exact) mass is 432 g/mol. The van der Waals surface area contributed by atoms with Crippen LogP contribution in [0.25, 0.3) is 0 Å². The number of methoxy groups -OCH3 is 1. The van der Waals surface area contributed by atoms with Crippen LogP contribution in [0.5, 0.6) is 11.5 Å². The predicted octanol–water partition coefficient (Wildman–Crippen LogP) is 3.84. The highest BCUT2D eigenvalue weighted by Crippen LogP contribution is 2.29. The van der Waals surface area contributed by atoms with Crippen molar-refractivity contribution in [3.63, 3.8) is 0 Å². The van der Waals surface area contributed by atoms with Crippen molar-refractivity contribution in [3.05, 3.63) is 96.1 Å². The summed E-state index contributed by atoms with van der Waals surface area (Å²) in [5.41, 5.74) is 2.64. The fraction of sp³-hybridized carbons (Fsp3) is 0.333. The Morgan fingerprint density at radius 3 is 1.97 bits per heavy atom. The third-order valence-corrected chi connectivity index (χ3v) is 5.96. The predicted molar refractivity (Wildman–Crippen MR) is 127 cm³/mol. The third-order valence-electron chi connectivity index (χ3n) is 5.96. The first kappa shape index (κ1) is 22.3. The van der Waals surface area contributed by atoms with Gasteiger partial charge in [-0.1, -0.05) is 66.7 Å². The van der Waals surface area contributed by atoms with Crippen molar-refractivity contribution in [2.24, 2.45) is 0 Å². The molecule has 0 bridgehead atoms. The Bertz CT molecular complexity index is 904. The van der Waals surface area contributed by atoms with Crippen LogP contribution in [-0.4, -0.2) is 67.5 Å². The van der Waals surface area contributed by atoms with Gasteiger partial charge in [-0.15, -0.1) is 0 Å². The smallest absolute Gasteiger partial charge is 0.123 e. The van der Waals surface area contributed by atoms with Gasteiger partial charge in [0.05, 0.1) is 13.2 Å². The number of hydrogen-bond acceptors (Lipinski definition) is 5. The molecule has 3 aromatic carbocycles. The lowest BCUT2D eigenvalue weighted by molar-refractivity contribution is 0.0400. The van der Waals surface area contributed by atoms with E-state index in [1.165, 1.54) is 11.1 Å². The van der Waals surface area contributed by atoms with Gasteiger partial charge in [-0.3, -0.25) is 9.80 Å². The van der Waals surface area contributed by atoms with Crippen LogP contribution in [0.2, 0.25) is 0 Å². The Kier molecular flexibility index (Phi) is 7.77. The van der Waals surface area contributed by atoms with Crippen molar-refractivity contribution in [2.75, 3.05) is 46.4 Å². The number of aliphatic hydroxyl groups is 1. The van der Waals surface area contributed by atoms with Crippen molar-refractivity contribution in [3.8, 4) is 11.5 Å². The minimum Gasteiger partial charge on any atom is -0.497 e. The molecule has 5 nitrogen and oxygen atoms in total. The number of β-amino-alcohol motifs (C(OH)–C–C–N with tert-alkyl or cyclic N) is 1. The minimum atomic E-state index is -0.535. The lowest BCUT2D eigenvalue weighted by Crippen LogP contribution is -2.50. The number of hydrogen-bond donors (Lipinski definition) is 1. The molecule has 0 amide bonds. The first-order valence-electron chi connectivity index (χ1n) is 11.2. The van der Waals surface area contributed by atoms with Gasteiger partial charge in [-0.25, -0.2) is 0 Å². The van der Waals surface area contributed by atoms with Gasteiger partial charge in [0, 0.05) is 38.8 Å². The van der Waals surface area contributed by atoms with Crippen LogP contribution >= 0.6 is 0 Å². The summed E-state index contributed by atoms with van der Waals surface area (Å²) in [5.74, 6) is 1.46. The average molecular weight is 433 g/mol. The Balaban J connectivity index is 1.31. The number of aliphatic hydroxyl groups excluding tert-OH is 1. The number of rotatable bonds is 9. The van der Waals surface area contributed by atoms with Crippen LogP contribution < -0.4 is 9.47 Å². The molecule has 0 spiro atoms. The molecule has 5 heteroatoms. The highest BCUT2D eigenvalue weighted by atomic mass is 16.5. The van der Waals surface area contributed by atoms with E-state index in [2.05, 4.69) is 70.5 Å². The maximum absolute atomic E-state index is 10.5. The summed E-state index contributed by atoms with van der Waals surface area (Å²) in [4.78, 5) is 4.86. The van der Waals surface area contributed by atoms with E-state index >= 15 is 0 Å². The fourth-order valence-corrected chi connectivity index (χ4v) is 4.32. The molecule has 1 N–H and O–H groups in total. The summed E-state index contributed by atoms with van der Waals surface area (Å²) in [6.07, 6.45) is -0.535. The van der Waals surface area contributed by atoms with E-state index in [0.717, 1.165) is 31.9 Å². The van der Waals surface area contributed by atoms with Gasteiger partial charge in [-0.05, 0) is 23.3 Å². The van der Waals surface area contributed by atoms with Crippen molar-refractivity contribution in [1.82, 2.24) is 9.80 Å². The summed E-state index contributed by atoms with van der Waals surface area (Å²) < 4.78 is 11.0. The van der Waals surface area contributed by atoms with E-state index in [9.17, 15) is 5.11 Å². The molecule has 3 aromatic rings. The first-order valence-corrected chi connectivity index (χ1v) is 11.2. The molecule has 1 aliphatic rings. The maximum atomic E-state index is 10.5. The van der Waals surface area contributed by atoms with E-state index in [1.54, 1.807) is 7.11 Å². The van der Waals surface area contributed by atoms with E-state index in [0.29, 0.717) is 12.3 Å². The number of nitrogens with zero attached hydrogens (tertiary/aromatic N) is 2. The van der Waals surface area contributed by atoms with Gasteiger partial charge in [0.25, 0.3) is 0 Å². The molecule has 0 aliphatic carbocycles. The second-order valence-corrected chi connectivity index (χ2v) is 8.20. The summed E-state index contributed by atoms with van der Waals surface area (Å²) in [6.45, 7) is 4.64. The first-order chi connectivity index (χ1) is 15.7. The van der Waals surface area contributed by atoms with Gasteiger partial charge in [0.1, 0.15) is 24.2 Å². The molecule has 1 atom stereocenters. The second kappa shape index (κ2) is 11.1. The highest BCUT2D eigenvalue weighted by Gasteiger charge is 2.27. The Morgan fingerprint density at radius 1 is 0.781 bits per heavy atom. The summed E-state index contributed by atoms with van der Waals surface area (Å²) in [7, 11) is 1.63. The van der Waals surface area contributed by atoms with Crippen LogP contribution in [0.15, 0.2) is 84.9 Å². The molecule has 0 radical (unpaired) electrons. The van der Waals surface area contributed by atoms with Crippen LogP contribution in [0.1, 0.15) is 17.2 Å². The second-order valence-electron chi connectivity index (χ2n) is 8.20. The van der Waals surface area contributed by atoms with Gasteiger partial charge in [-0.2, -0.15) is 0 Å². The van der Waals surface area contributed by atoms with Gasteiger partial charge in [0.2, 0.25) is 0 Å².